The van der Waals surface area contributed by atoms with E-state index >= 15 is 0 Å². The first kappa shape index (κ1) is 12.0. The minimum absolute atomic E-state index is 0.835. The van der Waals surface area contributed by atoms with Crippen molar-refractivity contribution in [3.63, 3.8) is 0 Å². The van der Waals surface area contributed by atoms with Crippen molar-refractivity contribution < 1.29 is 9.47 Å². The largest absolute Gasteiger partial charge is 0.497 e. The summed E-state index contributed by atoms with van der Waals surface area (Å²) < 4.78 is 10.4. The molecule has 0 aliphatic rings. The van der Waals surface area contributed by atoms with Gasteiger partial charge in [-0.3, -0.25) is 0 Å². The molecule has 82 valence electrons. The summed E-state index contributed by atoms with van der Waals surface area (Å²) in [5.41, 5.74) is 1.03. The molecular formula is C12H16O2S. The van der Waals surface area contributed by atoms with Gasteiger partial charge in [-0.2, -0.15) is 12.6 Å². The van der Waals surface area contributed by atoms with Gasteiger partial charge < -0.3 is 9.47 Å². The van der Waals surface area contributed by atoms with Crippen LogP contribution in [0.2, 0.25) is 0 Å². The summed E-state index contributed by atoms with van der Waals surface area (Å²) in [6, 6.07) is 5.74. The van der Waals surface area contributed by atoms with E-state index in [2.05, 4.69) is 18.7 Å². The van der Waals surface area contributed by atoms with Crippen LogP contribution in [-0.4, -0.2) is 20.0 Å². The van der Waals surface area contributed by atoms with E-state index in [0.29, 0.717) is 0 Å². The van der Waals surface area contributed by atoms with E-state index in [4.69, 9.17) is 9.47 Å². The lowest BCUT2D eigenvalue weighted by Crippen LogP contribution is -1.89. The van der Waals surface area contributed by atoms with Crippen LogP contribution in [0.5, 0.6) is 11.5 Å². The van der Waals surface area contributed by atoms with E-state index in [1.165, 1.54) is 0 Å². The number of rotatable bonds is 5. The number of allylic oxidation sites excluding steroid dienone is 1. The topological polar surface area (TPSA) is 18.5 Å². The summed E-state index contributed by atoms with van der Waals surface area (Å²) in [6.07, 6.45) is 5.05. The van der Waals surface area contributed by atoms with Crippen LogP contribution in [0.25, 0.3) is 6.08 Å². The Morgan fingerprint density at radius 3 is 2.67 bits per heavy atom. The van der Waals surface area contributed by atoms with E-state index in [9.17, 15) is 0 Å². The molecule has 0 heterocycles. The normalized spacial score (nSPS) is 10.6. The van der Waals surface area contributed by atoms with Crippen molar-refractivity contribution in [3.05, 3.63) is 29.8 Å². The zero-order valence-electron chi connectivity index (χ0n) is 9.06. The molecule has 0 amide bonds. The Morgan fingerprint density at radius 1 is 1.27 bits per heavy atom. The van der Waals surface area contributed by atoms with Gasteiger partial charge >= 0.3 is 0 Å². The molecule has 0 aliphatic heterocycles. The van der Waals surface area contributed by atoms with Crippen molar-refractivity contribution >= 4 is 18.7 Å². The van der Waals surface area contributed by atoms with E-state index in [-0.39, 0.29) is 0 Å². The molecule has 0 unspecified atom stereocenters. The summed E-state index contributed by atoms with van der Waals surface area (Å²) in [4.78, 5) is 0. The third kappa shape index (κ3) is 3.51. The average Bonchev–Trinajstić information content (AvgIpc) is 2.29. The number of hydrogen-bond donors (Lipinski definition) is 1. The smallest absolute Gasteiger partial charge is 0.126 e. The van der Waals surface area contributed by atoms with Crippen LogP contribution in [0.4, 0.5) is 0 Å². The van der Waals surface area contributed by atoms with Gasteiger partial charge in [0, 0.05) is 5.56 Å². The first-order valence-corrected chi connectivity index (χ1v) is 5.44. The van der Waals surface area contributed by atoms with Crippen LogP contribution in [0.3, 0.4) is 0 Å². The number of ether oxygens (including phenoxy) is 2. The Morgan fingerprint density at radius 2 is 2.07 bits per heavy atom. The first-order chi connectivity index (χ1) is 7.31. The highest BCUT2D eigenvalue weighted by molar-refractivity contribution is 7.80. The third-order valence-corrected chi connectivity index (χ3v) is 2.29. The predicted molar refractivity (Wildman–Crippen MR) is 67.1 cm³/mol. The Bertz CT molecular complexity index is 334. The molecule has 0 spiro atoms. The third-order valence-electron chi connectivity index (χ3n) is 2.03. The van der Waals surface area contributed by atoms with Crippen LogP contribution in [0, 0.1) is 0 Å². The van der Waals surface area contributed by atoms with Gasteiger partial charge in [0.25, 0.3) is 0 Å². The van der Waals surface area contributed by atoms with Gasteiger partial charge in [-0.1, -0.05) is 12.2 Å². The fourth-order valence-electron chi connectivity index (χ4n) is 1.25. The lowest BCUT2D eigenvalue weighted by Gasteiger charge is -2.06. The molecule has 1 aromatic rings. The Balaban J connectivity index is 2.90. The Hall–Kier alpha value is -1.09. The molecule has 3 heteroatoms. The second-order valence-electron chi connectivity index (χ2n) is 3.02. The van der Waals surface area contributed by atoms with Crippen molar-refractivity contribution in [3.8, 4) is 11.5 Å². The standard InChI is InChI=1S/C12H16O2S/c1-13-11-6-7-12(14-2)10(9-11)5-3-4-8-15/h3,5-7,9,15H,4,8H2,1-2H3. The fraction of sp³-hybridized carbons (Fsp3) is 0.333. The van der Waals surface area contributed by atoms with Gasteiger partial charge in [0.05, 0.1) is 14.2 Å². The van der Waals surface area contributed by atoms with Crippen molar-refractivity contribution in [2.75, 3.05) is 20.0 Å². The summed E-state index contributed by atoms with van der Waals surface area (Å²) >= 11 is 4.15. The quantitative estimate of drug-likeness (QED) is 0.775. The minimum atomic E-state index is 0.835. The highest BCUT2D eigenvalue weighted by atomic mass is 32.1. The Kier molecular flexibility index (Phi) is 5.12. The maximum atomic E-state index is 5.25. The lowest BCUT2D eigenvalue weighted by molar-refractivity contribution is 0.402. The molecule has 0 saturated heterocycles. The molecule has 15 heavy (non-hydrogen) atoms. The lowest BCUT2D eigenvalue weighted by atomic mass is 10.1. The molecule has 0 aliphatic carbocycles. The van der Waals surface area contributed by atoms with Crippen molar-refractivity contribution in [1.82, 2.24) is 0 Å². The SMILES string of the molecule is COc1ccc(OC)c(C=CCCS)c1. The molecule has 2 nitrogen and oxygen atoms in total. The van der Waals surface area contributed by atoms with Crippen LogP contribution in [0.1, 0.15) is 12.0 Å². The molecule has 0 aromatic heterocycles. The highest BCUT2D eigenvalue weighted by Gasteiger charge is 2.00. The number of thiol groups is 1. The zero-order chi connectivity index (χ0) is 11.1. The molecule has 1 aromatic carbocycles. The van der Waals surface area contributed by atoms with E-state index in [1.807, 2.05) is 24.3 Å². The first-order valence-electron chi connectivity index (χ1n) is 4.81. The monoisotopic (exact) mass is 224 g/mol. The highest BCUT2D eigenvalue weighted by Crippen LogP contribution is 2.25. The van der Waals surface area contributed by atoms with Crippen LogP contribution in [0.15, 0.2) is 24.3 Å². The maximum absolute atomic E-state index is 5.25. The Labute approximate surface area is 96.3 Å². The fourth-order valence-corrected chi connectivity index (χ4v) is 1.40. The van der Waals surface area contributed by atoms with Crippen molar-refractivity contribution in [2.24, 2.45) is 0 Å². The average molecular weight is 224 g/mol. The molecule has 0 N–H and O–H groups in total. The second kappa shape index (κ2) is 6.40. The van der Waals surface area contributed by atoms with Crippen LogP contribution in [-0.2, 0) is 0 Å². The molecule has 0 saturated carbocycles. The molecule has 0 radical (unpaired) electrons. The van der Waals surface area contributed by atoms with Gasteiger partial charge in [0.15, 0.2) is 0 Å². The predicted octanol–water partition coefficient (Wildman–Crippen LogP) is 3.04. The molecule has 0 bridgehead atoms. The number of benzene rings is 1. The summed E-state index contributed by atoms with van der Waals surface area (Å²) in [5, 5.41) is 0. The van der Waals surface area contributed by atoms with Gasteiger partial charge in [0.2, 0.25) is 0 Å². The maximum Gasteiger partial charge on any atom is 0.126 e. The molecule has 0 fully saturated rings. The minimum Gasteiger partial charge on any atom is -0.497 e. The number of methoxy groups -OCH3 is 2. The summed E-state index contributed by atoms with van der Waals surface area (Å²) in [7, 11) is 3.32. The van der Waals surface area contributed by atoms with Crippen molar-refractivity contribution in [1.29, 1.82) is 0 Å². The van der Waals surface area contributed by atoms with E-state index in [1.54, 1.807) is 14.2 Å². The van der Waals surface area contributed by atoms with E-state index in [0.717, 1.165) is 29.2 Å². The summed E-state index contributed by atoms with van der Waals surface area (Å²) in [5.74, 6) is 2.54. The van der Waals surface area contributed by atoms with Gasteiger partial charge in [0.1, 0.15) is 11.5 Å². The van der Waals surface area contributed by atoms with Crippen molar-refractivity contribution in [2.45, 2.75) is 6.42 Å². The second-order valence-corrected chi connectivity index (χ2v) is 3.47. The van der Waals surface area contributed by atoms with E-state index < -0.39 is 0 Å². The van der Waals surface area contributed by atoms with Crippen LogP contribution >= 0.6 is 12.6 Å². The van der Waals surface area contributed by atoms with Crippen LogP contribution < -0.4 is 9.47 Å². The van der Waals surface area contributed by atoms with Gasteiger partial charge in [-0.15, -0.1) is 0 Å². The molecular weight excluding hydrogens is 208 g/mol. The van der Waals surface area contributed by atoms with Gasteiger partial charge in [-0.25, -0.2) is 0 Å². The molecule has 0 atom stereocenters. The van der Waals surface area contributed by atoms with Gasteiger partial charge in [-0.05, 0) is 30.4 Å². The number of hydrogen-bond acceptors (Lipinski definition) is 3. The zero-order valence-corrected chi connectivity index (χ0v) is 9.96. The summed E-state index contributed by atoms with van der Waals surface area (Å²) in [6.45, 7) is 0. The molecule has 1 rings (SSSR count).